The fourth-order valence-electron chi connectivity index (χ4n) is 3.68. The van der Waals surface area contributed by atoms with E-state index in [2.05, 4.69) is 37.1 Å². The molecular formula is C25H26N2O3S. The summed E-state index contributed by atoms with van der Waals surface area (Å²) >= 11 is 1.71. The number of aryl methyl sites for hydroxylation is 1. The number of hydrogen-bond acceptors (Lipinski definition) is 4. The standard InChI is InChI=1S/C25H26N2O3S/c1-14-15(2)24(26-16(14)3)12-22-21-11-20(6-7-23(21)27-25(22)28)31-13-17-8-18(29-4)10-19(9-17)30-5/h6-12,26H,13H2,1-5H3,(H,27,28)/b22-12-. The third-order valence-corrected chi connectivity index (χ3v) is 6.80. The van der Waals surface area contributed by atoms with Crippen molar-refractivity contribution in [3.63, 3.8) is 0 Å². The Labute approximate surface area is 186 Å². The van der Waals surface area contributed by atoms with Gasteiger partial charge < -0.3 is 19.8 Å². The topological polar surface area (TPSA) is 63.4 Å². The average Bonchev–Trinajstić information content (AvgIpc) is 3.22. The summed E-state index contributed by atoms with van der Waals surface area (Å²) in [5.74, 6) is 2.24. The molecule has 0 atom stereocenters. The smallest absolute Gasteiger partial charge is 0.256 e. The van der Waals surface area contributed by atoms with Gasteiger partial charge in [0.05, 0.1) is 19.8 Å². The van der Waals surface area contributed by atoms with Crippen molar-refractivity contribution >= 4 is 35.0 Å². The minimum absolute atomic E-state index is 0.0704. The van der Waals surface area contributed by atoms with Crippen LogP contribution in [-0.4, -0.2) is 25.1 Å². The fourth-order valence-corrected chi connectivity index (χ4v) is 4.54. The van der Waals surface area contributed by atoms with Crippen LogP contribution < -0.4 is 14.8 Å². The van der Waals surface area contributed by atoms with Gasteiger partial charge in [-0.2, -0.15) is 0 Å². The number of carbonyl (C=O) groups excluding carboxylic acids is 1. The van der Waals surface area contributed by atoms with Gasteiger partial charge in [-0.1, -0.05) is 0 Å². The lowest BCUT2D eigenvalue weighted by molar-refractivity contribution is -0.110. The SMILES string of the molecule is COc1cc(CSc2ccc3c(c2)/C(=C/c2[nH]c(C)c(C)c2C)C(=O)N3)cc(OC)c1. The number of hydrogen-bond donors (Lipinski definition) is 2. The lowest BCUT2D eigenvalue weighted by Crippen LogP contribution is -2.03. The molecule has 1 amide bonds. The molecule has 2 heterocycles. The monoisotopic (exact) mass is 434 g/mol. The van der Waals surface area contributed by atoms with Crippen LogP contribution in [0.1, 0.15) is 33.6 Å². The highest BCUT2D eigenvalue weighted by molar-refractivity contribution is 7.98. The Hall–Kier alpha value is -3.12. The van der Waals surface area contributed by atoms with Gasteiger partial charge in [0.25, 0.3) is 5.91 Å². The van der Waals surface area contributed by atoms with Gasteiger partial charge in [0.2, 0.25) is 0 Å². The van der Waals surface area contributed by atoms with Crippen LogP contribution in [0.5, 0.6) is 11.5 Å². The largest absolute Gasteiger partial charge is 0.497 e. The molecule has 0 spiro atoms. The summed E-state index contributed by atoms with van der Waals surface area (Å²) in [5, 5.41) is 2.98. The molecule has 1 aliphatic heterocycles. The van der Waals surface area contributed by atoms with E-state index >= 15 is 0 Å². The van der Waals surface area contributed by atoms with Crippen molar-refractivity contribution in [1.82, 2.24) is 4.98 Å². The highest BCUT2D eigenvalue weighted by Gasteiger charge is 2.25. The Balaban J connectivity index is 1.61. The van der Waals surface area contributed by atoms with Crippen molar-refractivity contribution in [2.24, 2.45) is 0 Å². The molecule has 0 aliphatic carbocycles. The molecule has 0 fully saturated rings. The number of methoxy groups -OCH3 is 2. The van der Waals surface area contributed by atoms with Crippen LogP contribution in [0.4, 0.5) is 5.69 Å². The Morgan fingerprint density at radius 1 is 0.968 bits per heavy atom. The van der Waals surface area contributed by atoms with Crippen molar-refractivity contribution in [3.05, 3.63) is 70.0 Å². The molecule has 0 unspecified atom stereocenters. The van der Waals surface area contributed by atoms with Crippen molar-refractivity contribution in [1.29, 1.82) is 0 Å². The second kappa shape index (κ2) is 8.55. The predicted octanol–water partition coefficient (Wildman–Crippen LogP) is 5.74. The second-order valence-electron chi connectivity index (χ2n) is 7.64. The summed E-state index contributed by atoms with van der Waals surface area (Å²) in [6, 6.07) is 12.0. The van der Waals surface area contributed by atoms with Crippen LogP contribution in [0.15, 0.2) is 41.3 Å². The van der Waals surface area contributed by atoms with Gasteiger partial charge in [-0.05, 0) is 73.9 Å². The normalized spacial score (nSPS) is 14.0. The zero-order valence-electron chi connectivity index (χ0n) is 18.4. The Kier molecular flexibility index (Phi) is 5.83. The maximum atomic E-state index is 12.6. The number of thioether (sulfide) groups is 1. The number of carbonyl (C=O) groups is 1. The van der Waals surface area contributed by atoms with Crippen LogP contribution in [-0.2, 0) is 10.5 Å². The number of nitrogens with one attached hydrogen (secondary N) is 2. The molecule has 0 bridgehead atoms. The highest BCUT2D eigenvalue weighted by atomic mass is 32.2. The van der Waals surface area contributed by atoms with Crippen LogP contribution >= 0.6 is 11.8 Å². The number of aromatic nitrogens is 1. The molecule has 0 saturated heterocycles. The third kappa shape index (κ3) is 4.21. The molecule has 6 heteroatoms. The Morgan fingerprint density at radius 3 is 2.29 bits per heavy atom. The van der Waals surface area contributed by atoms with Gasteiger partial charge in [0.1, 0.15) is 11.5 Å². The van der Waals surface area contributed by atoms with E-state index in [0.717, 1.165) is 50.3 Å². The maximum Gasteiger partial charge on any atom is 0.256 e. The lowest BCUT2D eigenvalue weighted by Gasteiger charge is -2.09. The minimum atomic E-state index is -0.0704. The molecule has 1 aromatic heterocycles. The van der Waals surface area contributed by atoms with E-state index in [9.17, 15) is 4.79 Å². The third-order valence-electron chi connectivity index (χ3n) is 5.73. The zero-order chi connectivity index (χ0) is 22.1. The van der Waals surface area contributed by atoms with Gasteiger partial charge in [-0.25, -0.2) is 0 Å². The molecule has 5 nitrogen and oxygen atoms in total. The van der Waals surface area contributed by atoms with Gasteiger partial charge in [0.15, 0.2) is 0 Å². The summed E-state index contributed by atoms with van der Waals surface area (Å²) in [7, 11) is 3.30. The van der Waals surface area contributed by atoms with Crippen molar-refractivity contribution < 1.29 is 14.3 Å². The number of benzene rings is 2. The lowest BCUT2D eigenvalue weighted by atomic mass is 10.0. The molecule has 31 heavy (non-hydrogen) atoms. The predicted molar refractivity (Wildman–Crippen MR) is 127 cm³/mol. The number of ether oxygens (including phenoxy) is 2. The fraction of sp³-hybridized carbons (Fsp3) is 0.240. The molecule has 0 radical (unpaired) electrons. The van der Waals surface area contributed by atoms with Gasteiger partial charge >= 0.3 is 0 Å². The summed E-state index contributed by atoms with van der Waals surface area (Å²) in [6.07, 6.45) is 1.96. The number of fused-ring (bicyclic) bond motifs is 1. The molecular weight excluding hydrogens is 408 g/mol. The first-order valence-corrected chi connectivity index (χ1v) is 11.1. The van der Waals surface area contributed by atoms with E-state index in [4.69, 9.17) is 9.47 Å². The van der Waals surface area contributed by atoms with Gasteiger partial charge in [-0.15, -0.1) is 11.8 Å². The Bertz CT molecular complexity index is 1170. The average molecular weight is 435 g/mol. The molecule has 1 aliphatic rings. The molecule has 2 aromatic carbocycles. The summed E-state index contributed by atoms with van der Waals surface area (Å²) < 4.78 is 10.7. The molecule has 2 N–H and O–H groups in total. The van der Waals surface area contributed by atoms with E-state index in [-0.39, 0.29) is 5.91 Å². The van der Waals surface area contributed by atoms with E-state index in [1.54, 1.807) is 26.0 Å². The number of rotatable bonds is 6. The number of H-pyrrole nitrogens is 1. The minimum Gasteiger partial charge on any atom is -0.497 e. The second-order valence-corrected chi connectivity index (χ2v) is 8.69. The Morgan fingerprint density at radius 2 is 1.68 bits per heavy atom. The van der Waals surface area contributed by atoms with E-state index in [0.29, 0.717) is 5.57 Å². The highest BCUT2D eigenvalue weighted by Crippen LogP contribution is 2.37. The van der Waals surface area contributed by atoms with Crippen molar-refractivity contribution in [2.45, 2.75) is 31.4 Å². The molecule has 4 rings (SSSR count). The van der Waals surface area contributed by atoms with Crippen LogP contribution in [0.2, 0.25) is 0 Å². The van der Waals surface area contributed by atoms with Crippen LogP contribution in [0, 0.1) is 20.8 Å². The number of aromatic amines is 1. The summed E-state index contributed by atoms with van der Waals surface area (Å²) in [5.41, 5.74) is 8.08. The zero-order valence-corrected chi connectivity index (χ0v) is 19.2. The number of amides is 1. The van der Waals surface area contributed by atoms with Crippen molar-refractivity contribution in [3.8, 4) is 11.5 Å². The summed E-state index contributed by atoms with van der Waals surface area (Å²) in [6.45, 7) is 6.22. The number of anilines is 1. The first-order valence-electron chi connectivity index (χ1n) is 10.1. The van der Waals surface area contributed by atoms with Crippen LogP contribution in [0.25, 0.3) is 11.6 Å². The first kappa shape index (κ1) is 21.1. The quantitative estimate of drug-likeness (QED) is 0.383. The summed E-state index contributed by atoms with van der Waals surface area (Å²) in [4.78, 5) is 17.1. The molecule has 3 aromatic rings. The van der Waals surface area contributed by atoms with Crippen LogP contribution in [0.3, 0.4) is 0 Å². The van der Waals surface area contributed by atoms with E-state index in [1.165, 1.54) is 11.1 Å². The van der Waals surface area contributed by atoms with Gasteiger partial charge in [-0.3, -0.25) is 4.79 Å². The molecule has 0 saturated carbocycles. The van der Waals surface area contributed by atoms with Gasteiger partial charge in [0, 0.05) is 39.4 Å². The van der Waals surface area contributed by atoms with E-state index in [1.807, 2.05) is 36.4 Å². The van der Waals surface area contributed by atoms with Crippen molar-refractivity contribution in [2.75, 3.05) is 19.5 Å². The first-order chi connectivity index (χ1) is 14.9. The molecule has 160 valence electrons. The maximum absolute atomic E-state index is 12.6. The van der Waals surface area contributed by atoms with E-state index < -0.39 is 0 Å².